The predicted molar refractivity (Wildman–Crippen MR) is 107 cm³/mol. The Morgan fingerprint density at radius 2 is 1.68 bits per heavy atom. The third-order valence-electron chi connectivity index (χ3n) is 6.90. The van der Waals surface area contributed by atoms with Crippen LogP contribution in [-0.2, 0) is 14.0 Å². The summed E-state index contributed by atoms with van der Waals surface area (Å²) in [5.74, 6) is 0. The quantitative estimate of drug-likeness (QED) is 0.789. The highest BCUT2D eigenvalue weighted by molar-refractivity contribution is 6.62. The molecule has 3 fully saturated rings. The van der Waals surface area contributed by atoms with Crippen LogP contribution in [0.15, 0.2) is 24.3 Å². The number of fused-ring (bicyclic) bond motifs is 1. The van der Waals surface area contributed by atoms with Crippen molar-refractivity contribution in [3.63, 3.8) is 0 Å². The van der Waals surface area contributed by atoms with E-state index in [1.165, 1.54) is 0 Å². The Bertz CT molecular complexity index is 719. The molecule has 2 aliphatic heterocycles. The largest absolute Gasteiger partial charge is 0.494 e. The van der Waals surface area contributed by atoms with Gasteiger partial charge in [-0.1, -0.05) is 37.1 Å². The molecule has 0 spiro atoms. The van der Waals surface area contributed by atoms with Crippen molar-refractivity contribution < 1.29 is 23.9 Å². The minimum Gasteiger partial charge on any atom is -0.465 e. The molecule has 1 aromatic rings. The van der Waals surface area contributed by atoms with Crippen LogP contribution in [0.2, 0.25) is 0 Å². The van der Waals surface area contributed by atoms with Gasteiger partial charge in [0, 0.05) is 0 Å². The minimum atomic E-state index is -0.861. The van der Waals surface area contributed by atoms with Gasteiger partial charge in [0.15, 0.2) is 0 Å². The van der Waals surface area contributed by atoms with Gasteiger partial charge < -0.3 is 19.2 Å². The first kappa shape index (κ1) is 19.7. The molecule has 28 heavy (non-hydrogen) atoms. The molecule has 6 nitrogen and oxygen atoms in total. The molecular weight excluding hydrogens is 357 g/mol. The van der Waals surface area contributed by atoms with Crippen LogP contribution >= 0.6 is 0 Å². The lowest BCUT2D eigenvalue weighted by molar-refractivity contribution is -0.108. The third-order valence-corrected chi connectivity index (χ3v) is 6.90. The van der Waals surface area contributed by atoms with E-state index in [4.69, 9.17) is 14.0 Å². The number of rotatable bonds is 2. The van der Waals surface area contributed by atoms with Gasteiger partial charge in [-0.25, -0.2) is 4.79 Å². The molecular formula is C21H30BNO5. The zero-order chi connectivity index (χ0) is 20.1. The average molecular weight is 387 g/mol. The van der Waals surface area contributed by atoms with Crippen molar-refractivity contribution in [3.8, 4) is 0 Å². The molecule has 2 heterocycles. The molecule has 0 bridgehead atoms. The molecule has 3 atom stereocenters. The van der Waals surface area contributed by atoms with Crippen LogP contribution in [0.1, 0.15) is 65.0 Å². The molecule has 2 saturated heterocycles. The zero-order valence-electron chi connectivity index (χ0n) is 17.2. The molecule has 7 heteroatoms. The highest BCUT2D eigenvalue weighted by atomic mass is 16.7. The molecule has 0 radical (unpaired) electrons. The van der Waals surface area contributed by atoms with Gasteiger partial charge in [-0.15, -0.1) is 0 Å². The Hall–Kier alpha value is -1.57. The fraction of sp³-hybridized carbons (Fsp3) is 0.667. The molecule has 152 valence electrons. The Labute approximate surface area is 167 Å². The number of hydrogen-bond donors (Lipinski definition) is 1. The van der Waals surface area contributed by atoms with Crippen LogP contribution in [0.3, 0.4) is 0 Å². The number of carbonyl (C=O) groups is 1. The molecule has 3 aliphatic rings. The smallest absolute Gasteiger partial charge is 0.465 e. The Morgan fingerprint density at radius 3 is 2.29 bits per heavy atom. The first-order valence-electron chi connectivity index (χ1n) is 10.3. The van der Waals surface area contributed by atoms with Crippen molar-refractivity contribution in [2.75, 3.05) is 6.61 Å². The van der Waals surface area contributed by atoms with Crippen LogP contribution in [0.4, 0.5) is 4.79 Å². The second-order valence-electron chi connectivity index (χ2n) is 9.18. The predicted octanol–water partition coefficient (Wildman–Crippen LogP) is 3.35. The van der Waals surface area contributed by atoms with E-state index in [0.717, 1.165) is 36.7 Å². The lowest BCUT2D eigenvalue weighted by Gasteiger charge is -2.47. The van der Waals surface area contributed by atoms with E-state index in [0.29, 0.717) is 6.61 Å². The van der Waals surface area contributed by atoms with Crippen molar-refractivity contribution >= 4 is 18.7 Å². The Balaban J connectivity index is 1.54. The van der Waals surface area contributed by atoms with E-state index in [1.54, 1.807) is 4.90 Å². The normalized spacial score (nSPS) is 31.5. The maximum absolute atomic E-state index is 12.0. The first-order chi connectivity index (χ1) is 13.2. The number of carboxylic acid groups (broad SMARTS) is 1. The minimum absolute atomic E-state index is 0.0325. The van der Waals surface area contributed by atoms with Gasteiger partial charge >= 0.3 is 13.2 Å². The number of hydrogen-bond acceptors (Lipinski definition) is 4. The number of amides is 1. The second kappa shape index (κ2) is 7.04. The maximum Gasteiger partial charge on any atom is 0.494 e. The van der Waals surface area contributed by atoms with E-state index in [2.05, 4.69) is 0 Å². The summed E-state index contributed by atoms with van der Waals surface area (Å²) >= 11 is 0. The van der Waals surface area contributed by atoms with Crippen molar-refractivity contribution in [2.24, 2.45) is 0 Å². The fourth-order valence-corrected chi connectivity index (χ4v) is 4.50. The van der Waals surface area contributed by atoms with Crippen LogP contribution in [0, 0.1) is 0 Å². The van der Waals surface area contributed by atoms with Gasteiger partial charge in [-0.2, -0.15) is 0 Å². The van der Waals surface area contributed by atoms with Crippen LogP contribution in [0.25, 0.3) is 0 Å². The molecule has 4 rings (SSSR count). The monoisotopic (exact) mass is 387 g/mol. The number of ether oxygens (including phenoxy) is 1. The highest BCUT2D eigenvalue weighted by Gasteiger charge is 2.51. The van der Waals surface area contributed by atoms with Crippen molar-refractivity contribution in [3.05, 3.63) is 29.8 Å². The zero-order valence-corrected chi connectivity index (χ0v) is 17.2. The summed E-state index contributed by atoms with van der Waals surface area (Å²) in [6, 6.07) is 7.59. The van der Waals surface area contributed by atoms with E-state index < -0.39 is 13.2 Å². The van der Waals surface area contributed by atoms with Crippen molar-refractivity contribution in [2.45, 2.75) is 82.8 Å². The maximum atomic E-state index is 12.0. The highest BCUT2D eigenvalue weighted by Crippen LogP contribution is 2.38. The van der Waals surface area contributed by atoms with Gasteiger partial charge in [0.05, 0.1) is 36.0 Å². The van der Waals surface area contributed by atoms with E-state index >= 15 is 0 Å². The Morgan fingerprint density at radius 1 is 1.07 bits per heavy atom. The summed E-state index contributed by atoms with van der Waals surface area (Å²) in [7, 11) is -0.417. The summed E-state index contributed by atoms with van der Waals surface area (Å²) in [5, 5.41) is 9.88. The molecule has 1 aromatic carbocycles. The fourth-order valence-electron chi connectivity index (χ4n) is 4.50. The van der Waals surface area contributed by atoms with Gasteiger partial charge in [0.1, 0.15) is 0 Å². The van der Waals surface area contributed by atoms with Crippen molar-refractivity contribution in [1.29, 1.82) is 0 Å². The van der Waals surface area contributed by atoms with Gasteiger partial charge in [0.2, 0.25) is 0 Å². The lowest BCUT2D eigenvalue weighted by atomic mass is 9.78. The van der Waals surface area contributed by atoms with Crippen LogP contribution in [0.5, 0.6) is 0 Å². The lowest BCUT2D eigenvalue weighted by Crippen LogP contribution is -2.55. The Kier molecular flexibility index (Phi) is 4.96. The molecule has 0 aromatic heterocycles. The van der Waals surface area contributed by atoms with Gasteiger partial charge in [-0.05, 0) is 51.6 Å². The second-order valence-corrected chi connectivity index (χ2v) is 9.18. The SMILES string of the molecule is CC1(C)OB(c2ccc(C3COC4CCCCC4N3C(=O)O)cc2)OC1(C)C. The molecule has 1 amide bonds. The van der Waals surface area contributed by atoms with E-state index in [-0.39, 0.29) is 29.4 Å². The van der Waals surface area contributed by atoms with Gasteiger partial charge in [-0.3, -0.25) is 4.90 Å². The number of benzene rings is 1. The first-order valence-corrected chi connectivity index (χ1v) is 10.3. The summed E-state index contributed by atoms with van der Waals surface area (Å²) in [6.07, 6.45) is 3.16. The molecule has 1 N–H and O–H groups in total. The van der Waals surface area contributed by atoms with E-state index in [9.17, 15) is 9.90 Å². The van der Waals surface area contributed by atoms with E-state index in [1.807, 2.05) is 52.0 Å². The third kappa shape index (κ3) is 3.33. The van der Waals surface area contributed by atoms with Crippen molar-refractivity contribution in [1.82, 2.24) is 4.90 Å². The topological polar surface area (TPSA) is 68.2 Å². The van der Waals surface area contributed by atoms with Crippen LogP contribution < -0.4 is 5.46 Å². The summed E-state index contributed by atoms with van der Waals surface area (Å²) < 4.78 is 18.3. The summed E-state index contributed by atoms with van der Waals surface area (Å²) in [6.45, 7) is 8.54. The average Bonchev–Trinajstić information content (AvgIpc) is 2.88. The summed E-state index contributed by atoms with van der Waals surface area (Å²) in [4.78, 5) is 13.7. The standard InChI is InChI=1S/C21H30BNO5/c1-20(2)21(3,4)28-22(27-20)15-11-9-14(10-12-15)17-13-26-18-8-6-5-7-16(18)23(17)19(24)25/h9-12,16-18H,5-8,13H2,1-4H3,(H,24,25). The molecule has 1 aliphatic carbocycles. The van der Waals surface area contributed by atoms with Crippen LogP contribution in [-0.4, -0.2) is 53.2 Å². The van der Waals surface area contributed by atoms with Gasteiger partial charge in [0.25, 0.3) is 0 Å². The number of nitrogens with zero attached hydrogens (tertiary/aromatic N) is 1. The number of morpholine rings is 1. The molecule has 3 unspecified atom stereocenters. The summed E-state index contributed by atoms with van der Waals surface area (Å²) in [5.41, 5.74) is 1.12. The molecule has 1 saturated carbocycles.